The number of carbonyl (C=O) groups is 1. The second kappa shape index (κ2) is 11.8. The summed E-state index contributed by atoms with van der Waals surface area (Å²) in [5.41, 5.74) is 7.42. The van der Waals surface area contributed by atoms with Gasteiger partial charge in [0.15, 0.2) is 23.9 Å². The summed E-state index contributed by atoms with van der Waals surface area (Å²) >= 11 is 12.7. The Morgan fingerprint density at radius 2 is 1.78 bits per heavy atom. The van der Waals surface area contributed by atoms with Crippen molar-refractivity contribution in [3.63, 3.8) is 0 Å². The third-order valence-electron chi connectivity index (χ3n) is 5.83. The first kappa shape index (κ1) is 26.8. The lowest BCUT2D eigenvalue weighted by atomic mass is 10.0. The van der Waals surface area contributed by atoms with E-state index in [0.717, 1.165) is 12.8 Å². The van der Waals surface area contributed by atoms with Gasteiger partial charge in [-0.25, -0.2) is 9.78 Å². The number of anilines is 1. The van der Waals surface area contributed by atoms with E-state index in [1.807, 2.05) is 0 Å². The molecule has 1 saturated carbocycles. The molecular weight excluding hydrogens is 529 g/mol. The fourth-order valence-corrected chi connectivity index (χ4v) is 4.20. The first-order valence-corrected chi connectivity index (χ1v) is 12.2. The fourth-order valence-electron chi connectivity index (χ4n) is 3.67. The van der Waals surface area contributed by atoms with Gasteiger partial charge in [-0.1, -0.05) is 29.3 Å². The highest BCUT2D eigenvalue weighted by Crippen LogP contribution is 2.38. The monoisotopic (exact) mass is 553 g/mol. The van der Waals surface area contributed by atoms with Gasteiger partial charge in [0, 0.05) is 12.0 Å². The van der Waals surface area contributed by atoms with E-state index in [9.17, 15) is 13.6 Å². The molecule has 4 rings (SSSR count). The van der Waals surface area contributed by atoms with Gasteiger partial charge in [-0.3, -0.25) is 0 Å². The number of rotatable bonds is 11. The molecule has 1 aromatic heterocycles. The van der Waals surface area contributed by atoms with Crippen LogP contribution in [0.2, 0.25) is 10.0 Å². The second-order valence-electron chi connectivity index (χ2n) is 8.52. The van der Waals surface area contributed by atoms with Gasteiger partial charge in [0.1, 0.15) is 21.9 Å². The number of nitrogens with two attached hydrogens (primary N) is 1. The van der Waals surface area contributed by atoms with Gasteiger partial charge >= 0.3 is 12.6 Å². The molecule has 0 amide bonds. The van der Waals surface area contributed by atoms with E-state index < -0.39 is 18.7 Å². The van der Waals surface area contributed by atoms with Gasteiger partial charge in [-0.05, 0) is 54.7 Å². The van der Waals surface area contributed by atoms with E-state index in [-0.39, 0.29) is 29.2 Å². The molecule has 0 aliphatic heterocycles. The summed E-state index contributed by atoms with van der Waals surface area (Å²) in [6.45, 7) is -2.66. The molecule has 11 heteroatoms. The average molecular weight is 554 g/mol. The molecule has 37 heavy (non-hydrogen) atoms. The maximum Gasteiger partial charge on any atom is 0.387 e. The van der Waals surface area contributed by atoms with Crippen LogP contribution < -0.4 is 24.9 Å². The number of benzene rings is 2. The predicted octanol–water partition coefficient (Wildman–Crippen LogP) is 5.93. The molecule has 2 aromatic carbocycles. The topological polar surface area (TPSA) is 94.2 Å². The van der Waals surface area contributed by atoms with E-state index >= 15 is 0 Å². The lowest BCUT2D eigenvalue weighted by molar-refractivity contribution is -0.377. The highest BCUT2D eigenvalue weighted by molar-refractivity contribution is 6.35. The number of carbonyl (C=O) groups excluding carboxylic acids is 1. The minimum absolute atomic E-state index is 0.0981. The van der Waals surface area contributed by atoms with Gasteiger partial charge < -0.3 is 24.7 Å². The van der Waals surface area contributed by atoms with Crippen LogP contribution in [0.1, 0.15) is 40.4 Å². The Hall–Kier alpha value is -3.30. The summed E-state index contributed by atoms with van der Waals surface area (Å²) in [4.78, 5) is 15.9. The van der Waals surface area contributed by atoms with Crippen LogP contribution in [-0.4, -0.2) is 26.3 Å². The van der Waals surface area contributed by atoms with Crippen LogP contribution in [0.15, 0.2) is 48.8 Å². The fraction of sp³-hybridized carbons (Fsp3) is 0.308. The van der Waals surface area contributed by atoms with Crippen molar-refractivity contribution in [1.82, 2.24) is 0 Å². The number of H-pyrrole nitrogens is 1. The highest BCUT2D eigenvalue weighted by Gasteiger charge is 2.26. The molecule has 0 unspecified atom stereocenters. The van der Waals surface area contributed by atoms with Gasteiger partial charge in [-0.15, -0.1) is 0 Å². The van der Waals surface area contributed by atoms with Gasteiger partial charge in [0.05, 0.1) is 25.0 Å². The third-order valence-corrected chi connectivity index (χ3v) is 6.50. The van der Waals surface area contributed by atoms with Crippen molar-refractivity contribution in [3.8, 4) is 17.2 Å². The van der Waals surface area contributed by atoms with Gasteiger partial charge in [0.25, 0.3) is 0 Å². The van der Waals surface area contributed by atoms with Crippen molar-refractivity contribution < 1.29 is 37.5 Å². The smallest absolute Gasteiger partial charge is 0.387 e. The number of alkyl halides is 2. The molecule has 1 heterocycles. The number of pyridine rings is 1. The molecule has 7 nitrogen and oxygen atoms in total. The maximum absolute atomic E-state index is 13.1. The van der Waals surface area contributed by atoms with Crippen molar-refractivity contribution in [2.45, 2.75) is 32.0 Å². The Balaban J connectivity index is 1.68. The molecule has 3 aromatic rings. The number of aromatic amines is 1. The summed E-state index contributed by atoms with van der Waals surface area (Å²) in [5.74, 6) is 0.132. The largest absolute Gasteiger partial charge is 0.495 e. The second-order valence-corrected chi connectivity index (χ2v) is 9.34. The SMILES string of the molecule is COc1ccc(C(=O)O[C@@H](Cc2c(Cl)c[nH+]cc2Cl)c2ccc(OC(F)F)c(OCC3CC3)c2)cc1N. The number of hydrogen-bond donors (Lipinski definition) is 1. The van der Waals surface area contributed by atoms with Crippen LogP contribution in [0.5, 0.6) is 17.2 Å². The number of nitrogen functional groups attached to an aromatic ring is 1. The number of ether oxygens (including phenoxy) is 4. The van der Waals surface area contributed by atoms with E-state index in [1.54, 1.807) is 18.5 Å². The average Bonchev–Trinajstić information content (AvgIpc) is 3.69. The number of nitrogens with one attached hydrogen (secondary N) is 1. The van der Waals surface area contributed by atoms with Crippen LogP contribution in [0.3, 0.4) is 0 Å². The first-order chi connectivity index (χ1) is 17.7. The van der Waals surface area contributed by atoms with E-state index in [4.69, 9.17) is 43.1 Å². The molecule has 1 atom stereocenters. The molecule has 1 aliphatic carbocycles. The van der Waals surface area contributed by atoms with Crippen LogP contribution in [0.25, 0.3) is 0 Å². The predicted molar refractivity (Wildman–Crippen MR) is 134 cm³/mol. The highest BCUT2D eigenvalue weighted by atomic mass is 35.5. The van der Waals surface area contributed by atoms with Crippen LogP contribution in [-0.2, 0) is 11.2 Å². The summed E-state index contributed by atoms with van der Waals surface area (Å²) in [6.07, 6.45) is 4.32. The Morgan fingerprint density at radius 1 is 1.08 bits per heavy atom. The van der Waals surface area contributed by atoms with Crippen LogP contribution in [0.4, 0.5) is 14.5 Å². The third kappa shape index (κ3) is 6.93. The molecule has 0 radical (unpaired) electrons. The number of halogens is 4. The number of esters is 1. The van der Waals surface area contributed by atoms with Crippen LogP contribution in [0, 0.1) is 5.92 Å². The van der Waals surface area contributed by atoms with Crippen molar-refractivity contribution in [1.29, 1.82) is 0 Å². The Bertz CT molecular complexity index is 1250. The summed E-state index contributed by atoms with van der Waals surface area (Å²) in [5, 5.41) is 0.676. The van der Waals surface area contributed by atoms with Crippen molar-refractivity contribution in [3.05, 3.63) is 75.5 Å². The lowest BCUT2D eigenvalue weighted by Gasteiger charge is -2.21. The first-order valence-electron chi connectivity index (χ1n) is 11.4. The van der Waals surface area contributed by atoms with Crippen molar-refractivity contribution in [2.75, 3.05) is 19.5 Å². The molecule has 1 fully saturated rings. The van der Waals surface area contributed by atoms with E-state index in [1.165, 1.54) is 37.4 Å². The zero-order chi connectivity index (χ0) is 26.5. The molecule has 196 valence electrons. The molecule has 3 N–H and O–H groups in total. The zero-order valence-electron chi connectivity index (χ0n) is 19.8. The lowest BCUT2D eigenvalue weighted by Crippen LogP contribution is -2.16. The molecular formula is C26H25Cl2F2N2O5+. The van der Waals surface area contributed by atoms with E-state index in [2.05, 4.69) is 9.72 Å². The van der Waals surface area contributed by atoms with Crippen molar-refractivity contribution >= 4 is 34.9 Å². The standard InChI is InChI=1S/C26H24Cl2F2N2O5/c1-34-21-6-5-16(8-20(21)31)25(33)36-23(10-17-18(27)11-32-12-19(17)28)15-4-7-22(37-26(29)30)24(9-15)35-13-14-2-3-14/h4-9,11-12,14,23,26H,2-3,10,13,31H2,1H3/p+1/t23-/m0/s1. The van der Waals surface area contributed by atoms with Gasteiger partial charge in [-0.2, -0.15) is 8.78 Å². The normalized spacial score (nSPS) is 13.8. The summed E-state index contributed by atoms with van der Waals surface area (Å²) in [7, 11) is 1.47. The molecule has 0 saturated heterocycles. The van der Waals surface area contributed by atoms with E-state index in [0.29, 0.717) is 39.4 Å². The summed E-state index contributed by atoms with van der Waals surface area (Å²) < 4.78 is 47.4. The van der Waals surface area contributed by atoms with Crippen LogP contribution >= 0.6 is 23.2 Å². The maximum atomic E-state index is 13.1. The number of aromatic nitrogens is 1. The number of hydrogen-bond acceptors (Lipinski definition) is 6. The minimum atomic E-state index is -3.03. The quantitative estimate of drug-likeness (QED) is 0.233. The van der Waals surface area contributed by atoms with Gasteiger partial charge in [0.2, 0.25) is 0 Å². The Labute approximate surface area is 222 Å². The Kier molecular flexibility index (Phi) is 8.56. The van der Waals surface area contributed by atoms with Crippen molar-refractivity contribution in [2.24, 2.45) is 5.92 Å². The Morgan fingerprint density at radius 3 is 2.41 bits per heavy atom. The number of methoxy groups -OCH3 is 1. The molecule has 0 bridgehead atoms. The zero-order valence-corrected chi connectivity index (χ0v) is 21.3. The molecule has 1 aliphatic rings. The molecule has 0 spiro atoms. The summed E-state index contributed by atoms with van der Waals surface area (Å²) in [6, 6.07) is 8.94. The minimum Gasteiger partial charge on any atom is -0.495 e.